The van der Waals surface area contributed by atoms with Gasteiger partial charge >= 0.3 is 12.4 Å². The van der Waals surface area contributed by atoms with Crippen molar-refractivity contribution >= 4 is 0 Å². The van der Waals surface area contributed by atoms with Gasteiger partial charge in [0.05, 0.1) is 11.4 Å². The van der Waals surface area contributed by atoms with Crippen LogP contribution in [0.5, 0.6) is 0 Å². The second-order valence-electron chi connectivity index (χ2n) is 8.05. The first-order valence-electron chi connectivity index (χ1n) is 10.9. The Morgan fingerprint density at radius 3 is 1.81 bits per heavy atom. The van der Waals surface area contributed by atoms with Crippen LogP contribution in [0.15, 0.2) is 73.3 Å². The molecule has 0 saturated carbocycles. The first-order chi connectivity index (χ1) is 17.0. The van der Waals surface area contributed by atoms with E-state index in [-0.39, 0.29) is 5.56 Å². The van der Waals surface area contributed by atoms with Crippen LogP contribution >= 0.6 is 0 Å². The summed E-state index contributed by atoms with van der Waals surface area (Å²) in [5.41, 5.74) is -3.45. The lowest BCUT2D eigenvalue weighted by Crippen LogP contribution is -2.53. The maximum Gasteiger partial charge on any atom is 0.430 e. The molecule has 3 aromatic heterocycles. The number of nitrogens with zero attached hydrogens (tertiary/aromatic N) is 4. The zero-order chi connectivity index (χ0) is 26.1. The molecule has 0 amide bonds. The molecule has 11 heteroatoms. The van der Waals surface area contributed by atoms with Crippen molar-refractivity contribution in [1.29, 1.82) is 0 Å². The molecule has 0 spiro atoms. The fraction of sp³-hybridized carbons (Fsp3) is 0.240. The molecule has 0 saturated heterocycles. The van der Waals surface area contributed by atoms with E-state index in [2.05, 4.69) is 9.97 Å². The van der Waals surface area contributed by atoms with E-state index in [0.29, 0.717) is 47.9 Å². The Morgan fingerprint density at radius 1 is 0.778 bits per heavy atom. The van der Waals surface area contributed by atoms with Gasteiger partial charge in [0.2, 0.25) is 0 Å². The maximum absolute atomic E-state index is 13.3. The number of rotatable bonds is 6. The Labute approximate surface area is 202 Å². The van der Waals surface area contributed by atoms with Crippen molar-refractivity contribution in [1.82, 2.24) is 19.5 Å². The lowest BCUT2D eigenvalue weighted by Gasteiger charge is -2.32. The Bertz CT molecular complexity index is 1300. The average molecular weight is 506 g/mol. The molecule has 3 heterocycles. The van der Waals surface area contributed by atoms with Crippen molar-refractivity contribution in [3.05, 3.63) is 78.9 Å². The highest BCUT2D eigenvalue weighted by atomic mass is 19.4. The van der Waals surface area contributed by atoms with Crippen molar-refractivity contribution in [2.75, 3.05) is 0 Å². The van der Waals surface area contributed by atoms with E-state index in [1.807, 2.05) is 17.6 Å². The van der Waals surface area contributed by atoms with Gasteiger partial charge in [-0.15, -0.1) is 0 Å². The molecule has 1 aromatic carbocycles. The number of pyridine rings is 2. The molecular formula is C25H20F6N4O. The quantitative estimate of drug-likeness (QED) is 0.308. The number of hydrogen-bond donors (Lipinski definition) is 1. The predicted molar refractivity (Wildman–Crippen MR) is 120 cm³/mol. The van der Waals surface area contributed by atoms with Crippen LogP contribution in [0.1, 0.15) is 18.9 Å². The van der Waals surface area contributed by atoms with E-state index >= 15 is 0 Å². The second-order valence-corrected chi connectivity index (χ2v) is 8.05. The smallest absolute Gasteiger partial charge is 0.369 e. The van der Waals surface area contributed by atoms with Crippen LogP contribution in [0, 0.1) is 0 Å². The molecule has 5 nitrogen and oxygen atoms in total. The minimum absolute atomic E-state index is 0.277. The molecular weight excluding hydrogens is 486 g/mol. The van der Waals surface area contributed by atoms with Gasteiger partial charge in [0.1, 0.15) is 5.82 Å². The molecule has 4 aromatic rings. The van der Waals surface area contributed by atoms with Gasteiger partial charge in [-0.3, -0.25) is 9.97 Å². The predicted octanol–water partition coefficient (Wildman–Crippen LogP) is 6.40. The summed E-state index contributed by atoms with van der Waals surface area (Å²) >= 11 is 0. The van der Waals surface area contributed by atoms with Crippen LogP contribution in [0.4, 0.5) is 26.3 Å². The minimum atomic E-state index is -5.96. The Hall–Kier alpha value is -3.73. The normalized spacial score (nSPS) is 12.7. The van der Waals surface area contributed by atoms with Gasteiger partial charge in [-0.25, -0.2) is 4.98 Å². The molecule has 188 valence electrons. The highest BCUT2D eigenvalue weighted by Crippen LogP contribution is 2.50. The number of aromatic nitrogens is 4. The summed E-state index contributed by atoms with van der Waals surface area (Å²) in [6, 6.07) is 10.5. The molecule has 0 aliphatic rings. The van der Waals surface area contributed by atoms with Crippen LogP contribution in [0.2, 0.25) is 0 Å². The molecule has 0 atom stereocenters. The molecule has 0 bridgehead atoms. The summed E-state index contributed by atoms with van der Waals surface area (Å²) in [5.74, 6) is 0.337. The largest absolute Gasteiger partial charge is 0.430 e. The van der Waals surface area contributed by atoms with Crippen molar-refractivity contribution in [2.45, 2.75) is 37.8 Å². The van der Waals surface area contributed by atoms with E-state index in [0.717, 1.165) is 17.7 Å². The monoisotopic (exact) mass is 506 g/mol. The van der Waals surface area contributed by atoms with E-state index in [1.54, 1.807) is 43.0 Å². The third-order valence-corrected chi connectivity index (χ3v) is 5.67. The van der Waals surface area contributed by atoms with Crippen LogP contribution in [0.3, 0.4) is 0 Å². The first kappa shape index (κ1) is 25.4. The zero-order valence-corrected chi connectivity index (χ0v) is 18.8. The standard InChI is InChI=1S/C25H20F6N4O/c1-2-13-35-21(18-6-4-12-33-15-18)20(17-5-3-11-32-14-17)34-22(35)16-7-9-19(10-8-16)23(36,24(26,27)28)25(29,30)31/h3-12,14-15,36H,2,13H2,1H3. The van der Waals surface area contributed by atoms with Gasteiger partial charge in [-0.2, -0.15) is 26.3 Å². The third-order valence-electron chi connectivity index (χ3n) is 5.67. The molecule has 36 heavy (non-hydrogen) atoms. The first-order valence-corrected chi connectivity index (χ1v) is 10.9. The number of hydrogen-bond acceptors (Lipinski definition) is 4. The minimum Gasteiger partial charge on any atom is -0.369 e. The summed E-state index contributed by atoms with van der Waals surface area (Å²) in [6.07, 6.45) is -4.80. The molecule has 0 radical (unpaired) electrons. The number of imidazole rings is 1. The van der Waals surface area contributed by atoms with Gasteiger partial charge in [-0.05, 0) is 30.7 Å². The summed E-state index contributed by atoms with van der Waals surface area (Å²) in [4.78, 5) is 13.0. The third kappa shape index (κ3) is 4.34. The number of aliphatic hydroxyl groups is 1. The Kier molecular flexibility index (Phi) is 6.61. The van der Waals surface area contributed by atoms with Gasteiger partial charge < -0.3 is 9.67 Å². The highest BCUT2D eigenvalue weighted by Gasteiger charge is 2.71. The fourth-order valence-electron chi connectivity index (χ4n) is 3.96. The topological polar surface area (TPSA) is 63.8 Å². The van der Waals surface area contributed by atoms with Crippen LogP contribution in [-0.2, 0) is 12.1 Å². The number of benzene rings is 1. The van der Waals surface area contributed by atoms with Crippen LogP contribution in [0.25, 0.3) is 33.9 Å². The SMILES string of the molecule is CCCn1c(-c2ccc(C(O)(C(F)(F)F)C(F)(F)F)cc2)nc(-c2cccnc2)c1-c1cccnc1. The van der Waals surface area contributed by atoms with Crippen LogP contribution < -0.4 is 0 Å². The van der Waals surface area contributed by atoms with Gasteiger partial charge in [-0.1, -0.05) is 31.2 Å². The molecule has 0 aliphatic carbocycles. The average Bonchev–Trinajstić information content (AvgIpc) is 3.23. The molecule has 4 rings (SSSR count). The van der Waals surface area contributed by atoms with E-state index in [4.69, 9.17) is 4.98 Å². The van der Waals surface area contributed by atoms with Gasteiger partial charge in [0.15, 0.2) is 0 Å². The maximum atomic E-state index is 13.3. The van der Waals surface area contributed by atoms with Gasteiger partial charge in [0.25, 0.3) is 5.60 Å². The summed E-state index contributed by atoms with van der Waals surface area (Å²) in [6.45, 7) is 2.39. The van der Waals surface area contributed by atoms with E-state index in [1.165, 1.54) is 0 Å². The summed E-state index contributed by atoms with van der Waals surface area (Å²) in [5, 5.41) is 9.72. The van der Waals surface area contributed by atoms with Crippen LogP contribution in [-0.4, -0.2) is 37.0 Å². The van der Waals surface area contributed by atoms with E-state index in [9.17, 15) is 31.4 Å². The summed E-state index contributed by atoms with van der Waals surface area (Å²) in [7, 11) is 0. The Balaban J connectivity index is 1.91. The zero-order valence-electron chi connectivity index (χ0n) is 18.8. The molecule has 0 unspecified atom stereocenters. The van der Waals surface area contributed by atoms with Crippen molar-refractivity contribution in [3.8, 4) is 33.9 Å². The van der Waals surface area contributed by atoms with Crippen molar-refractivity contribution in [3.63, 3.8) is 0 Å². The highest BCUT2D eigenvalue weighted by molar-refractivity contribution is 5.81. The number of halogens is 6. The van der Waals surface area contributed by atoms with Gasteiger partial charge in [0, 0.05) is 53.6 Å². The fourth-order valence-corrected chi connectivity index (χ4v) is 3.96. The van der Waals surface area contributed by atoms with Crippen molar-refractivity contribution < 1.29 is 31.4 Å². The van der Waals surface area contributed by atoms with E-state index < -0.39 is 23.5 Å². The molecule has 0 fully saturated rings. The molecule has 0 aliphatic heterocycles. The summed E-state index contributed by atoms with van der Waals surface area (Å²) < 4.78 is 81.7. The van der Waals surface area contributed by atoms with Crippen molar-refractivity contribution in [2.24, 2.45) is 0 Å². The number of alkyl halides is 6. The molecule has 1 N–H and O–H groups in total. The second kappa shape index (κ2) is 9.38. The lowest BCUT2D eigenvalue weighted by molar-refractivity contribution is -0.376. The Morgan fingerprint density at radius 2 is 1.33 bits per heavy atom. The lowest BCUT2D eigenvalue weighted by atomic mass is 9.91.